The summed E-state index contributed by atoms with van der Waals surface area (Å²) in [4.78, 5) is 25.3. The van der Waals surface area contributed by atoms with Crippen molar-refractivity contribution >= 4 is 35.0 Å². The van der Waals surface area contributed by atoms with Gasteiger partial charge in [0.15, 0.2) is 11.9 Å². The van der Waals surface area contributed by atoms with Gasteiger partial charge < -0.3 is 19.8 Å². The number of carbonyl (C=O) groups is 2. The van der Waals surface area contributed by atoms with Gasteiger partial charge in [-0.1, -0.05) is 18.2 Å². The van der Waals surface area contributed by atoms with E-state index in [9.17, 15) is 9.59 Å². The zero-order valence-electron chi connectivity index (χ0n) is 15.1. The highest BCUT2D eigenvalue weighted by molar-refractivity contribution is 7.98. The Morgan fingerprint density at radius 1 is 1.14 bits per heavy atom. The molecule has 2 heterocycles. The largest absolute Gasteiger partial charge is 0.479 e. The summed E-state index contributed by atoms with van der Waals surface area (Å²) in [5, 5.41) is 5.53. The Labute approximate surface area is 166 Å². The monoisotopic (exact) mass is 394 g/mol. The number of ether oxygens (including phenoxy) is 1. The van der Waals surface area contributed by atoms with Crippen molar-refractivity contribution in [2.45, 2.75) is 23.7 Å². The number of thioether (sulfide) groups is 1. The van der Waals surface area contributed by atoms with E-state index in [1.165, 1.54) is 0 Å². The summed E-state index contributed by atoms with van der Waals surface area (Å²) in [7, 11) is 0. The first-order valence-electron chi connectivity index (χ1n) is 8.78. The molecule has 1 aromatic heterocycles. The summed E-state index contributed by atoms with van der Waals surface area (Å²) in [6, 6.07) is 18.5. The van der Waals surface area contributed by atoms with Crippen LogP contribution in [0.1, 0.15) is 23.2 Å². The van der Waals surface area contributed by atoms with Gasteiger partial charge >= 0.3 is 0 Å². The molecule has 0 saturated carbocycles. The maximum atomic E-state index is 12.5. The minimum Gasteiger partial charge on any atom is -0.479 e. The second kappa shape index (κ2) is 7.82. The van der Waals surface area contributed by atoms with Crippen molar-refractivity contribution in [3.05, 3.63) is 72.2 Å². The van der Waals surface area contributed by atoms with Crippen LogP contribution in [0.5, 0.6) is 5.75 Å². The molecule has 2 aromatic carbocycles. The van der Waals surface area contributed by atoms with Crippen molar-refractivity contribution in [2.75, 3.05) is 10.6 Å². The standard InChI is InChI=1S/C21H18N2O4S/c1-13-20(24)23-17-11-14(7-9-18(17)26-13)22-21(25)19-10-8-15(27-19)12-28-16-5-3-2-4-6-16/h2-11,13H,12H2,1H3,(H,22,25)(H,23,24). The molecule has 1 atom stereocenters. The molecule has 0 saturated heterocycles. The van der Waals surface area contributed by atoms with Crippen LogP contribution in [0, 0.1) is 0 Å². The molecule has 2 N–H and O–H groups in total. The van der Waals surface area contributed by atoms with E-state index in [4.69, 9.17) is 9.15 Å². The summed E-state index contributed by atoms with van der Waals surface area (Å²) in [6.07, 6.45) is -0.539. The van der Waals surface area contributed by atoms with Crippen LogP contribution in [0.25, 0.3) is 0 Å². The van der Waals surface area contributed by atoms with Gasteiger partial charge in [0.05, 0.1) is 11.4 Å². The third-order valence-electron chi connectivity index (χ3n) is 4.18. The molecule has 1 aliphatic heterocycles. The fraction of sp³-hybridized carbons (Fsp3) is 0.143. The molecule has 1 aliphatic rings. The molecular formula is C21H18N2O4S. The van der Waals surface area contributed by atoms with Crippen LogP contribution in [0.15, 0.2) is 70.0 Å². The predicted molar refractivity (Wildman–Crippen MR) is 108 cm³/mol. The minimum atomic E-state index is -0.539. The second-order valence-corrected chi connectivity index (χ2v) is 7.33. The highest BCUT2D eigenvalue weighted by atomic mass is 32.2. The number of hydrogen-bond donors (Lipinski definition) is 2. The molecule has 1 unspecified atom stereocenters. The lowest BCUT2D eigenvalue weighted by atomic mass is 10.2. The molecular weight excluding hydrogens is 376 g/mol. The first-order chi connectivity index (χ1) is 13.6. The van der Waals surface area contributed by atoms with E-state index in [0.717, 1.165) is 10.7 Å². The maximum absolute atomic E-state index is 12.5. The SMILES string of the molecule is CC1Oc2ccc(NC(=O)c3ccc(CSc4ccccc4)o3)cc2NC1=O. The summed E-state index contributed by atoms with van der Waals surface area (Å²) in [5.41, 5.74) is 1.07. The molecule has 0 radical (unpaired) electrons. The molecule has 6 nitrogen and oxygen atoms in total. The third kappa shape index (κ3) is 4.04. The van der Waals surface area contributed by atoms with Crippen molar-refractivity contribution in [1.29, 1.82) is 0 Å². The zero-order valence-corrected chi connectivity index (χ0v) is 15.9. The number of rotatable bonds is 5. The van der Waals surface area contributed by atoms with Crippen molar-refractivity contribution in [1.82, 2.24) is 0 Å². The lowest BCUT2D eigenvalue weighted by Gasteiger charge is -2.23. The topological polar surface area (TPSA) is 80.6 Å². The van der Waals surface area contributed by atoms with Crippen molar-refractivity contribution in [2.24, 2.45) is 0 Å². The van der Waals surface area contributed by atoms with E-state index in [-0.39, 0.29) is 17.6 Å². The molecule has 142 valence electrons. The number of fused-ring (bicyclic) bond motifs is 1. The van der Waals surface area contributed by atoms with Crippen LogP contribution in [0.4, 0.5) is 11.4 Å². The van der Waals surface area contributed by atoms with Crippen LogP contribution >= 0.6 is 11.8 Å². The highest BCUT2D eigenvalue weighted by Crippen LogP contribution is 2.32. The fourth-order valence-electron chi connectivity index (χ4n) is 2.73. The number of nitrogens with one attached hydrogen (secondary N) is 2. The van der Waals surface area contributed by atoms with E-state index in [0.29, 0.717) is 22.9 Å². The number of carbonyl (C=O) groups excluding carboxylic acids is 2. The molecule has 4 rings (SSSR count). The quantitative estimate of drug-likeness (QED) is 0.621. The average Bonchev–Trinajstić information content (AvgIpc) is 3.18. The molecule has 3 aromatic rings. The summed E-state index contributed by atoms with van der Waals surface area (Å²) in [5.74, 6) is 1.59. The van der Waals surface area contributed by atoms with E-state index in [1.807, 2.05) is 30.3 Å². The Kier molecular flexibility index (Phi) is 5.08. The molecule has 28 heavy (non-hydrogen) atoms. The Hall–Kier alpha value is -3.19. The maximum Gasteiger partial charge on any atom is 0.291 e. The van der Waals surface area contributed by atoms with Gasteiger partial charge in [0.2, 0.25) is 0 Å². The van der Waals surface area contributed by atoms with Gasteiger partial charge in [-0.25, -0.2) is 0 Å². The molecule has 0 bridgehead atoms. The number of furan rings is 1. The van der Waals surface area contributed by atoms with Crippen molar-refractivity contribution in [3.63, 3.8) is 0 Å². The minimum absolute atomic E-state index is 0.220. The molecule has 0 spiro atoms. The third-order valence-corrected chi connectivity index (χ3v) is 5.21. The summed E-state index contributed by atoms with van der Waals surface area (Å²) >= 11 is 1.64. The van der Waals surface area contributed by atoms with Gasteiger partial charge in [-0.2, -0.15) is 0 Å². The number of anilines is 2. The first-order valence-corrected chi connectivity index (χ1v) is 9.76. The first kappa shape index (κ1) is 18.2. The van der Waals surface area contributed by atoms with E-state index in [1.54, 1.807) is 49.0 Å². The van der Waals surface area contributed by atoms with Gasteiger partial charge in [0.1, 0.15) is 11.5 Å². The van der Waals surface area contributed by atoms with Crippen LogP contribution < -0.4 is 15.4 Å². The Balaban J connectivity index is 1.40. The highest BCUT2D eigenvalue weighted by Gasteiger charge is 2.24. The van der Waals surface area contributed by atoms with Crippen LogP contribution in [-0.2, 0) is 10.5 Å². The smallest absolute Gasteiger partial charge is 0.291 e. The lowest BCUT2D eigenvalue weighted by Crippen LogP contribution is -2.34. The van der Waals surface area contributed by atoms with Gasteiger partial charge in [0, 0.05) is 10.6 Å². The molecule has 2 amide bonds. The van der Waals surface area contributed by atoms with Gasteiger partial charge in [0.25, 0.3) is 11.8 Å². The Morgan fingerprint density at radius 2 is 1.96 bits per heavy atom. The van der Waals surface area contributed by atoms with E-state index in [2.05, 4.69) is 10.6 Å². The fourth-order valence-corrected chi connectivity index (χ4v) is 3.54. The number of amides is 2. The number of hydrogen-bond acceptors (Lipinski definition) is 5. The van der Waals surface area contributed by atoms with Crippen molar-refractivity contribution < 1.29 is 18.7 Å². The predicted octanol–water partition coefficient (Wildman–Crippen LogP) is 4.54. The zero-order chi connectivity index (χ0) is 19.5. The lowest BCUT2D eigenvalue weighted by molar-refractivity contribution is -0.122. The second-order valence-electron chi connectivity index (χ2n) is 6.28. The molecule has 0 fully saturated rings. The van der Waals surface area contributed by atoms with E-state index >= 15 is 0 Å². The van der Waals surface area contributed by atoms with Gasteiger partial charge in [-0.05, 0) is 49.4 Å². The van der Waals surface area contributed by atoms with E-state index < -0.39 is 6.10 Å². The van der Waals surface area contributed by atoms with Crippen LogP contribution in [-0.4, -0.2) is 17.9 Å². The Morgan fingerprint density at radius 3 is 2.79 bits per heavy atom. The van der Waals surface area contributed by atoms with Gasteiger partial charge in [-0.3, -0.25) is 9.59 Å². The number of benzene rings is 2. The van der Waals surface area contributed by atoms with Crippen molar-refractivity contribution in [3.8, 4) is 5.75 Å². The molecule has 7 heteroatoms. The average molecular weight is 394 g/mol. The van der Waals surface area contributed by atoms with Crippen LogP contribution in [0.3, 0.4) is 0 Å². The summed E-state index contributed by atoms with van der Waals surface area (Å²) in [6.45, 7) is 1.68. The van der Waals surface area contributed by atoms with Gasteiger partial charge in [-0.15, -0.1) is 11.8 Å². The normalized spacial score (nSPS) is 15.3. The summed E-state index contributed by atoms with van der Waals surface area (Å²) < 4.78 is 11.2. The Bertz CT molecular complexity index is 1020. The molecule has 0 aliphatic carbocycles. The van der Waals surface area contributed by atoms with Crippen LogP contribution in [0.2, 0.25) is 0 Å².